The van der Waals surface area contributed by atoms with Gasteiger partial charge in [-0.15, -0.1) is 0 Å². The quantitative estimate of drug-likeness (QED) is 0.660. The second-order valence-corrected chi connectivity index (χ2v) is 7.54. The summed E-state index contributed by atoms with van der Waals surface area (Å²) in [6.45, 7) is 2.24. The number of hydrogen-bond acceptors (Lipinski definition) is 4. The minimum absolute atomic E-state index is 0.462. The first kappa shape index (κ1) is 19.7. The van der Waals surface area contributed by atoms with Gasteiger partial charge in [-0.1, -0.05) is 72.8 Å². The van der Waals surface area contributed by atoms with Crippen molar-refractivity contribution in [2.45, 2.75) is 25.0 Å². The van der Waals surface area contributed by atoms with Crippen LogP contribution in [-0.4, -0.2) is 34.5 Å². The van der Waals surface area contributed by atoms with Crippen molar-refractivity contribution in [1.29, 1.82) is 0 Å². The highest BCUT2D eigenvalue weighted by Crippen LogP contribution is 2.43. The largest absolute Gasteiger partial charge is 0.497 e. The number of amidine groups is 1. The minimum Gasteiger partial charge on any atom is -0.497 e. The zero-order chi connectivity index (χ0) is 21.1. The summed E-state index contributed by atoms with van der Waals surface area (Å²) in [4.78, 5) is 19.3. The Morgan fingerprint density at radius 1 is 1.00 bits per heavy atom. The fraction of sp³-hybridized carbons (Fsp3) is 0.200. The highest BCUT2D eigenvalue weighted by Gasteiger charge is 2.51. The van der Waals surface area contributed by atoms with Crippen molar-refractivity contribution in [2.24, 2.45) is 4.99 Å². The molecular weight excluding hydrogens is 376 g/mol. The predicted molar refractivity (Wildman–Crippen MR) is 117 cm³/mol. The summed E-state index contributed by atoms with van der Waals surface area (Å²) < 4.78 is 5.29. The first-order valence-electron chi connectivity index (χ1n) is 9.86. The molecule has 5 nitrogen and oxygen atoms in total. The van der Waals surface area contributed by atoms with Gasteiger partial charge in [-0.05, 0) is 30.2 Å². The van der Waals surface area contributed by atoms with Crippen LogP contribution in [0.3, 0.4) is 0 Å². The Morgan fingerprint density at radius 3 is 2.17 bits per heavy atom. The number of nitrogens with zero attached hydrogens (tertiary/aromatic N) is 2. The van der Waals surface area contributed by atoms with Gasteiger partial charge in [-0.25, -0.2) is 9.79 Å². The topological polar surface area (TPSA) is 62.1 Å². The number of aliphatic carboxylic acids is 1. The smallest absolute Gasteiger partial charge is 0.333 e. The lowest BCUT2D eigenvalue weighted by molar-refractivity contribution is -0.144. The average Bonchev–Trinajstić information content (AvgIpc) is 3.08. The first-order chi connectivity index (χ1) is 14.5. The number of carbonyl (C=O) groups is 1. The third-order valence-electron chi connectivity index (χ3n) is 5.55. The van der Waals surface area contributed by atoms with Gasteiger partial charge in [0.15, 0.2) is 5.54 Å². The van der Waals surface area contributed by atoms with Crippen molar-refractivity contribution in [3.8, 4) is 5.75 Å². The van der Waals surface area contributed by atoms with Gasteiger partial charge in [0.25, 0.3) is 0 Å². The Labute approximate surface area is 176 Å². The molecule has 152 valence electrons. The number of aliphatic imine (C=N–C) groups is 1. The van der Waals surface area contributed by atoms with Gasteiger partial charge in [-0.2, -0.15) is 0 Å². The molecule has 0 saturated heterocycles. The normalized spacial score (nSPS) is 20.7. The highest BCUT2D eigenvalue weighted by atomic mass is 16.5. The Bertz CT molecular complexity index is 1050. The van der Waals surface area contributed by atoms with E-state index in [0.717, 1.165) is 22.4 Å². The molecule has 30 heavy (non-hydrogen) atoms. The Balaban J connectivity index is 1.85. The SMILES string of the molecule is COc1ccc([C@@H]2N(Cc3ccccc3)C(c3ccccc3)=N[C@]2(C)C(=O)O)cc1. The summed E-state index contributed by atoms with van der Waals surface area (Å²) in [5, 5.41) is 10.2. The van der Waals surface area contributed by atoms with Crippen LogP contribution in [-0.2, 0) is 11.3 Å². The van der Waals surface area contributed by atoms with Gasteiger partial charge >= 0.3 is 5.97 Å². The standard InChI is InChI=1S/C25H24N2O3/c1-25(24(28)29)22(19-13-15-21(30-2)16-14-19)27(17-18-9-5-3-6-10-18)23(26-25)20-11-7-4-8-12-20/h3-16,22H,17H2,1-2H3,(H,28,29)/t22-,25-/m0/s1. The second-order valence-electron chi connectivity index (χ2n) is 7.54. The molecule has 0 bridgehead atoms. The van der Waals surface area contributed by atoms with Crippen LogP contribution in [0.4, 0.5) is 0 Å². The van der Waals surface area contributed by atoms with E-state index in [0.29, 0.717) is 12.4 Å². The molecule has 1 N–H and O–H groups in total. The van der Waals surface area contributed by atoms with Gasteiger partial charge in [0.2, 0.25) is 0 Å². The summed E-state index contributed by atoms with van der Waals surface area (Å²) in [6, 6.07) is 26.9. The maximum atomic E-state index is 12.4. The maximum Gasteiger partial charge on any atom is 0.333 e. The molecule has 2 atom stereocenters. The van der Waals surface area contributed by atoms with E-state index >= 15 is 0 Å². The molecular formula is C25H24N2O3. The number of hydrogen-bond donors (Lipinski definition) is 1. The molecule has 3 aromatic rings. The highest BCUT2D eigenvalue weighted by molar-refractivity contribution is 6.03. The van der Waals surface area contributed by atoms with Crippen LogP contribution in [0, 0.1) is 0 Å². The van der Waals surface area contributed by atoms with E-state index in [1.807, 2.05) is 84.9 Å². The summed E-state index contributed by atoms with van der Waals surface area (Å²) >= 11 is 0. The first-order valence-corrected chi connectivity index (χ1v) is 9.86. The van der Waals surface area contributed by atoms with Gasteiger partial charge in [0, 0.05) is 12.1 Å². The van der Waals surface area contributed by atoms with Gasteiger partial charge in [-0.3, -0.25) is 0 Å². The molecule has 0 fully saturated rings. The third kappa shape index (κ3) is 3.54. The van der Waals surface area contributed by atoms with Crippen molar-refractivity contribution in [3.63, 3.8) is 0 Å². The van der Waals surface area contributed by atoms with Crippen LogP contribution in [0.15, 0.2) is 89.9 Å². The van der Waals surface area contributed by atoms with E-state index in [1.165, 1.54) is 0 Å². The minimum atomic E-state index is -1.32. The molecule has 1 heterocycles. The number of ether oxygens (including phenoxy) is 1. The van der Waals surface area contributed by atoms with E-state index in [4.69, 9.17) is 9.73 Å². The van der Waals surface area contributed by atoms with Crippen LogP contribution in [0.5, 0.6) is 5.75 Å². The van der Waals surface area contributed by atoms with Crippen molar-refractivity contribution >= 4 is 11.8 Å². The zero-order valence-electron chi connectivity index (χ0n) is 17.0. The number of rotatable bonds is 6. The molecule has 1 aliphatic heterocycles. The molecule has 0 spiro atoms. The second kappa shape index (κ2) is 8.03. The number of methoxy groups -OCH3 is 1. The Kier molecular flexibility index (Phi) is 5.27. The van der Waals surface area contributed by atoms with Crippen LogP contribution in [0.1, 0.15) is 29.7 Å². The Hall–Kier alpha value is -3.60. The van der Waals surface area contributed by atoms with Crippen LogP contribution in [0.2, 0.25) is 0 Å². The van der Waals surface area contributed by atoms with Crippen LogP contribution >= 0.6 is 0 Å². The molecule has 1 aliphatic rings. The monoisotopic (exact) mass is 400 g/mol. The zero-order valence-corrected chi connectivity index (χ0v) is 17.0. The van der Waals surface area contributed by atoms with Gasteiger partial charge < -0.3 is 14.7 Å². The van der Waals surface area contributed by atoms with Crippen LogP contribution < -0.4 is 4.74 Å². The lowest BCUT2D eigenvalue weighted by Gasteiger charge is -2.34. The van der Waals surface area contributed by atoms with E-state index in [9.17, 15) is 9.90 Å². The van der Waals surface area contributed by atoms with E-state index in [-0.39, 0.29) is 0 Å². The van der Waals surface area contributed by atoms with Crippen molar-refractivity contribution < 1.29 is 14.6 Å². The van der Waals surface area contributed by atoms with E-state index in [1.54, 1.807) is 14.0 Å². The summed E-state index contributed by atoms with van der Waals surface area (Å²) in [5.74, 6) is 0.463. The fourth-order valence-electron chi connectivity index (χ4n) is 3.99. The van der Waals surface area contributed by atoms with E-state index in [2.05, 4.69) is 4.90 Å². The molecule has 0 unspecified atom stereocenters. The molecule has 0 aromatic heterocycles. The van der Waals surface area contributed by atoms with Crippen molar-refractivity contribution in [2.75, 3.05) is 7.11 Å². The molecule has 0 amide bonds. The molecule has 4 rings (SSSR count). The summed E-state index contributed by atoms with van der Waals surface area (Å²) in [6.07, 6.45) is 0. The number of carboxylic acids is 1. The summed E-state index contributed by atoms with van der Waals surface area (Å²) in [7, 11) is 1.62. The van der Waals surface area contributed by atoms with Crippen molar-refractivity contribution in [1.82, 2.24) is 4.90 Å². The third-order valence-corrected chi connectivity index (χ3v) is 5.55. The van der Waals surface area contributed by atoms with Crippen LogP contribution in [0.25, 0.3) is 0 Å². The maximum absolute atomic E-state index is 12.4. The van der Waals surface area contributed by atoms with Crippen molar-refractivity contribution in [3.05, 3.63) is 102 Å². The average molecular weight is 400 g/mol. The molecule has 0 saturated carbocycles. The molecule has 5 heteroatoms. The lowest BCUT2D eigenvalue weighted by Crippen LogP contribution is -2.43. The summed E-state index contributed by atoms with van der Waals surface area (Å²) in [5.41, 5.74) is 1.55. The van der Waals surface area contributed by atoms with Gasteiger partial charge in [0.1, 0.15) is 11.6 Å². The fourth-order valence-corrected chi connectivity index (χ4v) is 3.99. The molecule has 3 aromatic carbocycles. The van der Waals surface area contributed by atoms with Gasteiger partial charge in [0.05, 0.1) is 13.2 Å². The number of benzene rings is 3. The lowest BCUT2D eigenvalue weighted by atomic mass is 9.87. The molecule has 0 aliphatic carbocycles. The van der Waals surface area contributed by atoms with E-state index < -0.39 is 17.6 Å². The Morgan fingerprint density at radius 2 is 1.60 bits per heavy atom. The predicted octanol–water partition coefficient (Wildman–Crippen LogP) is 4.54. The number of carboxylic acid groups (broad SMARTS) is 1. The molecule has 0 radical (unpaired) electrons.